The van der Waals surface area contributed by atoms with Crippen molar-refractivity contribution in [2.75, 3.05) is 0 Å². The van der Waals surface area contributed by atoms with Gasteiger partial charge in [-0.2, -0.15) is 0 Å². The van der Waals surface area contributed by atoms with Gasteiger partial charge < -0.3 is 5.41 Å². The summed E-state index contributed by atoms with van der Waals surface area (Å²) in [5.41, 5.74) is 2.59. The van der Waals surface area contributed by atoms with Gasteiger partial charge in [-0.05, 0) is 17.6 Å². The molecule has 1 aromatic rings. The summed E-state index contributed by atoms with van der Waals surface area (Å²) in [5.74, 6) is 0.227. The number of nitrogens with one attached hydrogen (secondary N) is 1. The van der Waals surface area contributed by atoms with Gasteiger partial charge >= 0.3 is 0 Å². The highest BCUT2D eigenvalue weighted by atomic mass is 14.3. The van der Waals surface area contributed by atoms with Crippen molar-refractivity contribution in [1.29, 1.82) is 5.41 Å². The van der Waals surface area contributed by atoms with Crippen LogP contribution in [0.4, 0.5) is 0 Å². The van der Waals surface area contributed by atoms with Crippen LogP contribution in [0.15, 0.2) is 36.4 Å². The van der Waals surface area contributed by atoms with Gasteiger partial charge in [0.1, 0.15) is 0 Å². The van der Waals surface area contributed by atoms with Crippen LogP contribution in [-0.2, 0) is 0 Å². The lowest BCUT2D eigenvalue weighted by Crippen LogP contribution is -1.92. The SMILES string of the molecule is CCC(=CC(C)C=N)c1ccccc1. The molecule has 0 saturated carbocycles. The van der Waals surface area contributed by atoms with E-state index in [4.69, 9.17) is 5.41 Å². The summed E-state index contributed by atoms with van der Waals surface area (Å²) in [5, 5.41) is 7.17. The molecule has 0 heterocycles. The van der Waals surface area contributed by atoms with Crippen LogP contribution >= 0.6 is 0 Å². The van der Waals surface area contributed by atoms with E-state index in [0.717, 1.165) is 6.42 Å². The van der Waals surface area contributed by atoms with Crippen molar-refractivity contribution in [3.8, 4) is 0 Å². The van der Waals surface area contributed by atoms with Crippen LogP contribution in [-0.4, -0.2) is 6.21 Å². The molecule has 1 atom stereocenters. The van der Waals surface area contributed by atoms with E-state index in [1.54, 1.807) is 0 Å². The Labute approximate surface area is 86.0 Å². The first kappa shape index (κ1) is 10.7. The standard InChI is InChI=1S/C13H17N/c1-3-12(9-11(2)10-14)13-7-5-4-6-8-13/h4-11,14H,3H2,1-2H3. The molecule has 1 rings (SSSR count). The Bertz CT molecular complexity index is 311. The van der Waals surface area contributed by atoms with Gasteiger partial charge in [0, 0.05) is 12.1 Å². The Morgan fingerprint density at radius 1 is 1.36 bits per heavy atom. The quantitative estimate of drug-likeness (QED) is 0.694. The second-order valence-electron chi connectivity index (χ2n) is 3.44. The summed E-state index contributed by atoms with van der Waals surface area (Å²) in [6, 6.07) is 10.4. The molecule has 1 heteroatoms. The molecule has 0 aliphatic carbocycles. The lowest BCUT2D eigenvalue weighted by atomic mass is 9.99. The van der Waals surface area contributed by atoms with E-state index in [2.05, 4.69) is 25.1 Å². The maximum atomic E-state index is 7.17. The molecule has 1 nitrogen and oxygen atoms in total. The van der Waals surface area contributed by atoms with Gasteiger partial charge in [-0.15, -0.1) is 0 Å². The molecule has 1 unspecified atom stereocenters. The predicted molar refractivity (Wildman–Crippen MR) is 62.7 cm³/mol. The maximum absolute atomic E-state index is 7.17. The van der Waals surface area contributed by atoms with E-state index < -0.39 is 0 Å². The Morgan fingerprint density at radius 3 is 2.50 bits per heavy atom. The molecule has 74 valence electrons. The molecular formula is C13H17N. The highest BCUT2D eigenvalue weighted by Crippen LogP contribution is 2.19. The molecule has 0 aliphatic rings. The van der Waals surface area contributed by atoms with Crippen molar-refractivity contribution in [3.63, 3.8) is 0 Å². The van der Waals surface area contributed by atoms with Gasteiger partial charge in [0.25, 0.3) is 0 Å². The first-order valence-corrected chi connectivity index (χ1v) is 5.04. The molecule has 0 aliphatic heterocycles. The zero-order valence-electron chi connectivity index (χ0n) is 8.83. The zero-order valence-corrected chi connectivity index (χ0v) is 8.83. The zero-order chi connectivity index (χ0) is 10.4. The van der Waals surface area contributed by atoms with Gasteiger partial charge in [0.05, 0.1) is 0 Å². The second-order valence-corrected chi connectivity index (χ2v) is 3.44. The first-order chi connectivity index (χ1) is 6.77. The lowest BCUT2D eigenvalue weighted by Gasteiger charge is -2.06. The van der Waals surface area contributed by atoms with Crippen LogP contribution in [0.25, 0.3) is 5.57 Å². The third-order valence-electron chi connectivity index (χ3n) is 2.25. The smallest absolute Gasteiger partial charge is 0.00924 e. The largest absolute Gasteiger partial charge is 0.313 e. The lowest BCUT2D eigenvalue weighted by molar-refractivity contribution is 1.01. The van der Waals surface area contributed by atoms with Gasteiger partial charge in [-0.1, -0.05) is 50.3 Å². The highest BCUT2D eigenvalue weighted by Gasteiger charge is 1.99. The van der Waals surface area contributed by atoms with E-state index in [9.17, 15) is 0 Å². The van der Waals surface area contributed by atoms with Gasteiger partial charge in [0.15, 0.2) is 0 Å². The van der Waals surface area contributed by atoms with E-state index in [-0.39, 0.29) is 5.92 Å². The molecule has 0 radical (unpaired) electrons. The Hall–Kier alpha value is -1.37. The summed E-state index contributed by atoms with van der Waals surface area (Å²) in [7, 11) is 0. The molecule has 1 aromatic carbocycles. The second kappa shape index (κ2) is 5.38. The van der Waals surface area contributed by atoms with Crippen LogP contribution < -0.4 is 0 Å². The van der Waals surface area contributed by atoms with Gasteiger partial charge in [-0.3, -0.25) is 0 Å². The van der Waals surface area contributed by atoms with E-state index >= 15 is 0 Å². The average molecular weight is 187 g/mol. The minimum absolute atomic E-state index is 0.227. The van der Waals surface area contributed by atoms with Crippen LogP contribution in [0.3, 0.4) is 0 Å². The van der Waals surface area contributed by atoms with Crippen LogP contribution in [0, 0.1) is 11.3 Å². The molecule has 0 saturated heterocycles. The molecule has 14 heavy (non-hydrogen) atoms. The molecule has 0 amide bonds. The normalized spacial score (nSPS) is 13.7. The fourth-order valence-electron chi connectivity index (χ4n) is 1.44. The minimum Gasteiger partial charge on any atom is -0.313 e. The number of benzene rings is 1. The summed E-state index contributed by atoms with van der Waals surface area (Å²) < 4.78 is 0. The highest BCUT2D eigenvalue weighted by molar-refractivity contribution is 5.70. The fraction of sp³-hybridized carbons (Fsp3) is 0.308. The van der Waals surface area contributed by atoms with Crippen LogP contribution in [0.2, 0.25) is 0 Å². The van der Waals surface area contributed by atoms with Crippen molar-refractivity contribution in [3.05, 3.63) is 42.0 Å². The summed E-state index contributed by atoms with van der Waals surface area (Å²) in [4.78, 5) is 0. The van der Waals surface area contributed by atoms with E-state index in [1.165, 1.54) is 17.4 Å². The van der Waals surface area contributed by atoms with Crippen molar-refractivity contribution in [1.82, 2.24) is 0 Å². The third kappa shape index (κ3) is 2.84. The number of hydrogen-bond donors (Lipinski definition) is 1. The molecule has 0 bridgehead atoms. The number of hydrogen-bond acceptors (Lipinski definition) is 1. The molecule has 0 fully saturated rings. The molecular weight excluding hydrogens is 170 g/mol. The van der Waals surface area contributed by atoms with Crippen molar-refractivity contribution in [2.45, 2.75) is 20.3 Å². The predicted octanol–water partition coefficient (Wildman–Crippen LogP) is 3.77. The minimum atomic E-state index is 0.227. The Balaban J connectivity index is 2.93. The Morgan fingerprint density at radius 2 is 2.00 bits per heavy atom. The monoisotopic (exact) mass is 187 g/mol. The molecule has 1 N–H and O–H groups in total. The van der Waals surface area contributed by atoms with Crippen LogP contribution in [0.5, 0.6) is 0 Å². The molecule has 0 spiro atoms. The van der Waals surface area contributed by atoms with Crippen molar-refractivity contribution in [2.24, 2.45) is 5.92 Å². The van der Waals surface area contributed by atoms with Crippen molar-refractivity contribution >= 4 is 11.8 Å². The fourth-order valence-corrected chi connectivity index (χ4v) is 1.44. The summed E-state index contributed by atoms with van der Waals surface area (Å²) in [6.45, 7) is 4.18. The molecule has 0 aromatic heterocycles. The first-order valence-electron chi connectivity index (χ1n) is 5.04. The van der Waals surface area contributed by atoms with Gasteiger partial charge in [0.2, 0.25) is 0 Å². The average Bonchev–Trinajstić information content (AvgIpc) is 2.26. The number of allylic oxidation sites excluding steroid dienone is 2. The Kier molecular flexibility index (Phi) is 4.11. The van der Waals surface area contributed by atoms with E-state index in [1.807, 2.05) is 25.1 Å². The third-order valence-corrected chi connectivity index (χ3v) is 2.25. The van der Waals surface area contributed by atoms with Gasteiger partial charge in [-0.25, -0.2) is 0 Å². The van der Waals surface area contributed by atoms with Crippen LogP contribution in [0.1, 0.15) is 25.8 Å². The van der Waals surface area contributed by atoms with Crippen molar-refractivity contribution < 1.29 is 0 Å². The topological polar surface area (TPSA) is 23.9 Å². The van der Waals surface area contributed by atoms with E-state index in [0.29, 0.717) is 0 Å². The maximum Gasteiger partial charge on any atom is 0.00924 e. The number of rotatable bonds is 4. The summed E-state index contributed by atoms with van der Waals surface area (Å²) >= 11 is 0. The summed E-state index contributed by atoms with van der Waals surface area (Å²) in [6.07, 6.45) is 4.64.